The van der Waals surface area contributed by atoms with Crippen molar-refractivity contribution < 1.29 is 4.74 Å². The number of benzene rings is 1. The van der Waals surface area contributed by atoms with Crippen molar-refractivity contribution in [3.63, 3.8) is 0 Å². The van der Waals surface area contributed by atoms with Gasteiger partial charge in [0.05, 0.1) is 7.11 Å². The van der Waals surface area contributed by atoms with Gasteiger partial charge in [0.2, 0.25) is 0 Å². The van der Waals surface area contributed by atoms with E-state index >= 15 is 0 Å². The van der Waals surface area contributed by atoms with Crippen LogP contribution in [0.15, 0.2) is 18.2 Å². The Labute approximate surface area is 104 Å². The highest BCUT2D eigenvalue weighted by atomic mass is 16.5. The van der Waals surface area contributed by atoms with Gasteiger partial charge in [-0.2, -0.15) is 0 Å². The summed E-state index contributed by atoms with van der Waals surface area (Å²) in [5, 5.41) is 0. The minimum Gasteiger partial charge on any atom is -0.497 e. The van der Waals surface area contributed by atoms with Crippen molar-refractivity contribution >= 4 is 5.69 Å². The van der Waals surface area contributed by atoms with E-state index in [9.17, 15) is 0 Å². The molecule has 0 saturated carbocycles. The third-order valence-electron chi connectivity index (χ3n) is 3.69. The molecule has 3 heteroatoms. The van der Waals surface area contributed by atoms with E-state index in [1.54, 1.807) is 7.11 Å². The Bertz CT molecular complexity index is 378. The average molecular weight is 234 g/mol. The number of hydrogen-bond acceptors (Lipinski definition) is 3. The highest BCUT2D eigenvalue weighted by Gasteiger charge is 2.21. The summed E-state index contributed by atoms with van der Waals surface area (Å²) in [5.74, 6) is 1.75. The molecule has 1 heterocycles. The van der Waals surface area contributed by atoms with Crippen LogP contribution in [0.5, 0.6) is 5.75 Å². The fourth-order valence-electron chi connectivity index (χ4n) is 2.48. The molecule has 1 aromatic rings. The fraction of sp³-hybridized carbons (Fsp3) is 0.571. The third-order valence-corrected chi connectivity index (χ3v) is 3.69. The fourth-order valence-corrected chi connectivity index (χ4v) is 2.48. The lowest BCUT2D eigenvalue weighted by molar-refractivity contribution is 0.315. The first kappa shape index (κ1) is 12.2. The normalized spacial score (nSPS) is 20.7. The first-order valence-corrected chi connectivity index (χ1v) is 6.37. The molecule has 1 saturated heterocycles. The van der Waals surface area contributed by atoms with E-state index in [0.717, 1.165) is 23.9 Å². The molecular weight excluding hydrogens is 212 g/mol. The van der Waals surface area contributed by atoms with E-state index in [4.69, 9.17) is 10.5 Å². The van der Waals surface area contributed by atoms with Crippen LogP contribution >= 0.6 is 0 Å². The van der Waals surface area contributed by atoms with Crippen LogP contribution < -0.4 is 10.5 Å². The summed E-state index contributed by atoms with van der Waals surface area (Å²) in [6, 6.07) is 5.90. The Morgan fingerprint density at radius 3 is 2.94 bits per heavy atom. The van der Waals surface area contributed by atoms with Crippen molar-refractivity contribution in [2.24, 2.45) is 5.92 Å². The highest BCUT2D eigenvalue weighted by molar-refractivity contribution is 5.50. The Morgan fingerprint density at radius 2 is 2.29 bits per heavy atom. The topological polar surface area (TPSA) is 38.5 Å². The molecule has 1 aromatic carbocycles. The monoisotopic (exact) mass is 234 g/mol. The van der Waals surface area contributed by atoms with Crippen molar-refractivity contribution in [3.05, 3.63) is 23.8 Å². The number of nitrogen functional groups attached to an aromatic ring is 1. The summed E-state index contributed by atoms with van der Waals surface area (Å²) >= 11 is 0. The van der Waals surface area contributed by atoms with E-state index in [1.807, 2.05) is 12.1 Å². The lowest BCUT2D eigenvalue weighted by Crippen LogP contribution is -2.20. The predicted octanol–water partition coefficient (Wildman–Crippen LogP) is 2.51. The lowest BCUT2D eigenvalue weighted by atomic mass is 10.1. The van der Waals surface area contributed by atoms with Gasteiger partial charge in [0.25, 0.3) is 0 Å². The van der Waals surface area contributed by atoms with Gasteiger partial charge in [-0.25, -0.2) is 0 Å². The Morgan fingerprint density at radius 1 is 1.47 bits per heavy atom. The lowest BCUT2D eigenvalue weighted by Gasteiger charge is -2.17. The zero-order valence-electron chi connectivity index (χ0n) is 10.8. The molecule has 1 aliphatic heterocycles. The first-order chi connectivity index (χ1) is 8.22. The van der Waals surface area contributed by atoms with Crippen LogP contribution in [0.4, 0.5) is 5.69 Å². The summed E-state index contributed by atoms with van der Waals surface area (Å²) in [6.45, 7) is 5.61. The van der Waals surface area contributed by atoms with Crippen LogP contribution in [0.3, 0.4) is 0 Å². The van der Waals surface area contributed by atoms with E-state index in [1.165, 1.54) is 31.5 Å². The second kappa shape index (κ2) is 5.41. The molecule has 17 heavy (non-hydrogen) atoms. The maximum Gasteiger partial charge on any atom is 0.119 e. The van der Waals surface area contributed by atoms with E-state index < -0.39 is 0 Å². The van der Waals surface area contributed by atoms with Gasteiger partial charge < -0.3 is 10.5 Å². The molecule has 0 aromatic heterocycles. The van der Waals surface area contributed by atoms with Crippen molar-refractivity contribution in [2.45, 2.75) is 26.3 Å². The maximum absolute atomic E-state index is 6.01. The van der Waals surface area contributed by atoms with Gasteiger partial charge in [0, 0.05) is 18.8 Å². The van der Waals surface area contributed by atoms with Crippen LogP contribution in [0, 0.1) is 5.92 Å². The predicted molar refractivity (Wildman–Crippen MR) is 71.1 cm³/mol. The molecule has 1 atom stereocenters. The van der Waals surface area contributed by atoms with Gasteiger partial charge in [-0.3, -0.25) is 4.90 Å². The third kappa shape index (κ3) is 2.91. The molecule has 0 amide bonds. The number of anilines is 1. The number of nitrogens with two attached hydrogens (primary N) is 1. The van der Waals surface area contributed by atoms with Crippen LogP contribution in [0.1, 0.15) is 25.3 Å². The second-order valence-corrected chi connectivity index (χ2v) is 4.86. The Balaban J connectivity index is 2.03. The van der Waals surface area contributed by atoms with E-state index in [2.05, 4.69) is 17.9 Å². The standard InChI is InChI=1S/C14H22N2O/c1-3-11-6-7-16(9-11)10-12-8-13(17-2)4-5-14(12)15/h4-5,8,11H,3,6-7,9-10,15H2,1-2H3. The number of hydrogen-bond donors (Lipinski definition) is 1. The molecule has 2 N–H and O–H groups in total. The molecule has 3 nitrogen and oxygen atoms in total. The van der Waals surface area contributed by atoms with Crippen molar-refractivity contribution in [1.82, 2.24) is 4.90 Å². The molecule has 0 bridgehead atoms. The first-order valence-electron chi connectivity index (χ1n) is 6.37. The molecule has 0 aliphatic carbocycles. The van der Waals surface area contributed by atoms with Crippen molar-refractivity contribution in [1.29, 1.82) is 0 Å². The molecule has 1 fully saturated rings. The minimum atomic E-state index is 0.863. The summed E-state index contributed by atoms with van der Waals surface area (Å²) < 4.78 is 5.24. The number of nitrogens with zero attached hydrogens (tertiary/aromatic N) is 1. The zero-order valence-corrected chi connectivity index (χ0v) is 10.8. The number of likely N-dealkylation sites (tertiary alicyclic amines) is 1. The number of rotatable bonds is 4. The summed E-state index contributed by atoms with van der Waals surface area (Å²) in [6.07, 6.45) is 2.60. The van der Waals surface area contributed by atoms with Crippen LogP contribution in [0.25, 0.3) is 0 Å². The largest absolute Gasteiger partial charge is 0.497 e. The van der Waals surface area contributed by atoms with Crippen LogP contribution in [-0.2, 0) is 6.54 Å². The van der Waals surface area contributed by atoms with Gasteiger partial charge in [0.1, 0.15) is 5.75 Å². The molecule has 1 aliphatic rings. The van der Waals surface area contributed by atoms with Crippen LogP contribution in [-0.4, -0.2) is 25.1 Å². The summed E-state index contributed by atoms with van der Waals surface area (Å²) in [5.41, 5.74) is 8.06. The van der Waals surface area contributed by atoms with Gasteiger partial charge in [-0.1, -0.05) is 13.3 Å². The molecule has 1 unspecified atom stereocenters. The Kier molecular flexibility index (Phi) is 3.89. The van der Waals surface area contributed by atoms with Crippen molar-refractivity contribution in [3.8, 4) is 5.75 Å². The highest BCUT2D eigenvalue weighted by Crippen LogP contribution is 2.25. The van der Waals surface area contributed by atoms with Crippen LogP contribution in [0.2, 0.25) is 0 Å². The molecular formula is C14H22N2O. The second-order valence-electron chi connectivity index (χ2n) is 4.86. The van der Waals surface area contributed by atoms with Gasteiger partial charge >= 0.3 is 0 Å². The molecule has 94 valence electrons. The maximum atomic E-state index is 6.01. The van der Waals surface area contributed by atoms with Gasteiger partial charge in [0.15, 0.2) is 0 Å². The zero-order chi connectivity index (χ0) is 12.3. The number of methoxy groups -OCH3 is 1. The quantitative estimate of drug-likeness (QED) is 0.814. The Hall–Kier alpha value is -1.22. The summed E-state index contributed by atoms with van der Waals surface area (Å²) in [7, 11) is 1.69. The van der Waals surface area contributed by atoms with E-state index in [0.29, 0.717) is 0 Å². The average Bonchev–Trinajstić information content (AvgIpc) is 2.80. The number of ether oxygens (including phenoxy) is 1. The van der Waals surface area contributed by atoms with Gasteiger partial charge in [-0.15, -0.1) is 0 Å². The van der Waals surface area contributed by atoms with Gasteiger partial charge in [-0.05, 0) is 42.6 Å². The SMILES string of the molecule is CCC1CCN(Cc2cc(OC)ccc2N)C1. The van der Waals surface area contributed by atoms with Crippen molar-refractivity contribution in [2.75, 3.05) is 25.9 Å². The summed E-state index contributed by atoms with van der Waals surface area (Å²) in [4.78, 5) is 2.49. The smallest absolute Gasteiger partial charge is 0.119 e. The molecule has 0 spiro atoms. The molecule has 2 rings (SSSR count). The van der Waals surface area contributed by atoms with E-state index in [-0.39, 0.29) is 0 Å². The minimum absolute atomic E-state index is 0.863. The molecule has 0 radical (unpaired) electrons.